The van der Waals surface area contributed by atoms with Gasteiger partial charge in [-0.05, 0) is 123 Å². The fourth-order valence-electron chi connectivity index (χ4n) is 8.66. The third kappa shape index (κ3) is 7.54. The normalized spacial score (nSPS) is 11.2. The molecule has 11 aromatic rings. The van der Waals surface area contributed by atoms with Gasteiger partial charge in [0.2, 0.25) is 0 Å². The first kappa shape index (κ1) is 37.6. The first-order chi connectivity index (χ1) is 31.2. The van der Waals surface area contributed by atoms with Gasteiger partial charge in [-0.2, -0.15) is 0 Å². The van der Waals surface area contributed by atoms with E-state index in [2.05, 4.69) is 265 Å². The van der Waals surface area contributed by atoms with Gasteiger partial charge < -0.3 is 14.2 Å². The van der Waals surface area contributed by atoms with Gasteiger partial charge in [0, 0.05) is 51.0 Å². The maximum atomic E-state index is 6.70. The molecule has 0 spiro atoms. The van der Waals surface area contributed by atoms with E-state index in [9.17, 15) is 0 Å². The molecule has 3 heteroatoms. The van der Waals surface area contributed by atoms with Crippen molar-refractivity contribution in [1.82, 2.24) is 0 Å². The smallest absolute Gasteiger partial charge is 0.137 e. The minimum absolute atomic E-state index is 0.831. The Morgan fingerprint density at radius 2 is 0.492 bits per heavy atom. The van der Waals surface area contributed by atoms with Crippen LogP contribution in [0.3, 0.4) is 0 Å². The quantitative estimate of drug-likeness (QED) is 0.137. The Balaban J connectivity index is 0.989. The summed E-state index contributed by atoms with van der Waals surface area (Å²) in [6.07, 6.45) is 0. The number of anilines is 6. The average Bonchev–Trinajstić information content (AvgIpc) is 3.73. The third-order valence-corrected chi connectivity index (χ3v) is 11.9. The van der Waals surface area contributed by atoms with Crippen molar-refractivity contribution in [2.24, 2.45) is 0 Å². The summed E-state index contributed by atoms with van der Waals surface area (Å²) >= 11 is 0. The van der Waals surface area contributed by atoms with Crippen LogP contribution >= 0.6 is 0 Å². The van der Waals surface area contributed by atoms with Gasteiger partial charge >= 0.3 is 0 Å². The maximum Gasteiger partial charge on any atom is 0.137 e. The highest BCUT2D eigenvalue weighted by Crippen LogP contribution is 2.43. The maximum absolute atomic E-state index is 6.70. The summed E-state index contributed by atoms with van der Waals surface area (Å²) in [7, 11) is 0. The van der Waals surface area contributed by atoms with Crippen molar-refractivity contribution >= 4 is 56.1 Å². The zero-order chi connectivity index (χ0) is 42.0. The molecule has 0 radical (unpaired) electrons. The van der Waals surface area contributed by atoms with E-state index in [1.807, 2.05) is 0 Å². The summed E-state index contributed by atoms with van der Waals surface area (Å²) < 4.78 is 6.70. The van der Waals surface area contributed by atoms with Crippen molar-refractivity contribution in [3.05, 3.63) is 255 Å². The number of rotatable bonds is 10. The number of benzene rings is 10. The molecule has 1 aromatic heterocycles. The Kier molecular flexibility index (Phi) is 9.89. The number of fused-ring (bicyclic) bond motifs is 3. The molecule has 0 aliphatic rings. The molecule has 0 bridgehead atoms. The second-order valence-electron chi connectivity index (χ2n) is 15.8. The predicted octanol–water partition coefficient (Wildman–Crippen LogP) is 17.2. The molecular formula is C60H42N2O. The SMILES string of the molecule is c1ccc(-c2ccc(N(c3ccc(-c4ccccc4)cc3)c3ccc4c(c3)oc3ccc(N(c5ccc(-c6ccccc6)cc5)c5ccc(-c6ccccc6)cc5)cc34)cc2)cc1. The highest BCUT2D eigenvalue weighted by molar-refractivity contribution is 6.08. The highest BCUT2D eigenvalue weighted by atomic mass is 16.3. The van der Waals surface area contributed by atoms with Crippen LogP contribution in [0.4, 0.5) is 34.1 Å². The molecule has 0 amide bonds. The molecule has 1 heterocycles. The molecule has 0 atom stereocenters. The summed E-state index contributed by atoms with van der Waals surface area (Å²) in [5.74, 6) is 0. The van der Waals surface area contributed by atoms with Crippen LogP contribution in [0, 0.1) is 0 Å². The Morgan fingerprint density at radius 1 is 0.206 bits per heavy atom. The Bertz CT molecular complexity index is 3110. The molecule has 298 valence electrons. The molecule has 0 N–H and O–H groups in total. The average molecular weight is 807 g/mol. The van der Waals surface area contributed by atoms with Gasteiger partial charge in [0.25, 0.3) is 0 Å². The van der Waals surface area contributed by atoms with E-state index in [1.54, 1.807) is 0 Å². The molecule has 3 nitrogen and oxygen atoms in total. The van der Waals surface area contributed by atoms with E-state index >= 15 is 0 Å². The lowest BCUT2D eigenvalue weighted by atomic mass is 10.0. The van der Waals surface area contributed by atoms with Gasteiger partial charge in [0.05, 0.1) is 0 Å². The second kappa shape index (κ2) is 16.6. The Morgan fingerprint density at radius 3 is 0.841 bits per heavy atom. The fourth-order valence-corrected chi connectivity index (χ4v) is 8.66. The summed E-state index contributed by atoms with van der Waals surface area (Å²) in [6.45, 7) is 0. The minimum atomic E-state index is 0.831. The summed E-state index contributed by atoms with van der Waals surface area (Å²) in [4.78, 5) is 4.64. The molecule has 0 unspecified atom stereocenters. The topological polar surface area (TPSA) is 19.6 Å². The first-order valence-electron chi connectivity index (χ1n) is 21.4. The van der Waals surface area contributed by atoms with Crippen LogP contribution in [0.15, 0.2) is 259 Å². The fraction of sp³-hybridized carbons (Fsp3) is 0. The summed E-state index contributed by atoms with van der Waals surface area (Å²) in [5.41, 5.74) is 17.5. The number of hydrogen-bond donors (Lipinski definition) is 0. The van der Waals surface area contributed by atoms with E-state index in [1.165, 1.54) is 44.5 Å². The zero-order valence-electron chi connectivity index (χ0n) is 34.6. The van der Waals surface area contributed by atoms with Crippen molar-refractivity contribution in [2.75, 3.05) is 9.80 Å². The molecule has 11 rings (SSSR count). The van der Waals surface area contributed by atoms with Gasteiger partial charge in [0.15, 0.2) is 0 Å². The van der Waals surface area contributed by atoms with E-state index in [0.29, 0.717) is 0 Å². The van der Waals surface area contributed by atoms with E-state index in [0.717, 1.165) is 56.1 Å². The second-order valence-corrected chi connectivity index (χ2v) is 15.8. The molecule has 63 heavy (non-hydrogen) atoms. The van der Waals surface area contributed by atoms with Crippen LogP contribution in [-0.4, -0.2) is 0 Å². The van der Waals surface area contributed by atoms with Gasteiger partial charge in [0.1, 0.15) is 11.2 Å². The third-order valence-electron chi connectivity index (χ3n) is 11.9. The van der Waals surface area contributed by atoms with E-state index in [4.69, 9.17) is 4.42 Å². The van der Waals surface area contributed by atoms with Crippen molar-refractivity contribution in [2.45, 2.75) is 0 Å². The number of furan rings is 1. The first-order valence-corrected chi connectivity index (χ1v) is 21.4. The van der Waals surface area contributed by atoms with Gasteiger partial charge in [-0.15, -0.1) is 0 Å². The molecular weight excluding hydrogens is 765 g/mol. The predicted molar refractivity (Wildman–Crippen MR) is 265 cm³/mol. The number of hydrogen-bond acceptors (Lipinski definition) is 3. The monoisotopic (exact) mass is 806 g/mol. The van der Waals surface area contributed by atoms with Gasteiger partial charge in [-0.3, -0.25) is 0 Å². The van der Waals surface area contributed by atoms with Crippen LogP contribution < -0.4 is 9.80 Å². The largest absolute Gasteiger partial charge is 0.456 e. The standard InChI is InChI=1S/C60H42N2O/c1-5-13-43(14-6-1)47-21-29-51(30-22-47)61(52-31-23-48(24-32-52)44-15-7-2-8-16-44)55-38-40-59-58(41-55)57-39-37-56(42-60(57)63-59)62(53-33-25-49(26-34-53)45-17-9-3-10-18-45)54-35-27-50(28-36-54)46-19-11-4-12-20-46/h1-42H. The lowest BCUT2D eigenvalue weighted by Crippen LogP contribution is -2.10. The van der Waals surface area contributed by atoms with E-state index < -0.39 is 0 Å². The number of nitrogens with zero attached hydrogens (tertiary/aromatic N) is 2. The Hall–Kier alpha value is -8.40. The molecule has 0 aliphatic heterocycles. The van der Waals surface area contributed by atoms with Crippen molar-refractivity contribution in [3.8, 4) is 44.5 Å². The van der Waals surface area contributed by atoms with Crippen LogP contribution in [0.25, 0.3) is 66.4 Å². The lowest BCUT2D eigenvalue weighted by molar-refractivity contribution is 0.669. The molecule has 0 saturated carbocycles. The minimum Gasteiger partial charge on any atom is -0.456 e. The summed E-state index contributed by atoms with van der Waals surface area (Å²) in [6, 6.07) is 90.5. The van der Waals surface area contributed by atoms with Crippen LogP contribution in [0.1, 0.15) is 0 Å². The van der Waals surface area contributed by atoms with Crippen molar-refractivity contribution in [1.29, 1.82) is 0 Å². The van der Waals surface area contributed by atoms with Crippen molar-refractivity contribution in [3.63, 3.8) is 0 Å². The van der Waals surface area contributed by atoms with Crippen LogP contribution in [0.2, 0.25) is 0 Å². The lowest BCUT2D eigenvalue weighted by Gasteiger charge is -2.26. The van der Waals surface area contributed by atoms with Crippen LogP contribution in [-0.2, 0) is 0 Å². The van der Waals surface area contributed by atoms with Crippen molar-refractivity contribution < 1.29 is 4.42 Å². The van der Waals surface area contributed by atoms with Crippen LogP contribution in [0.5, 0.6) is 0 Å². The molecule has 10 aromatic carbocycles. The highest BCUT2D eigenvalue weighted by Gasteiger charge is 2.19. The summed E-state index contributed by atoms with van der Waals surface area (Å²) in [5, 5.41) is 2.13. The zero-order valence-corrected chi connectivity index (χ0v) is 34.6. The Labute approximate surface area is 368 Å². The van der Waals surface area contributed by atoms with Gasteiger partial charge in [-0.25, -0.2) is 0 Å². The molecule has 0 fully saturated rings. The van der Waals surface area contributed by atoms with E-state index in [-0.39, 0.29) is 0 Å². The molecule has 0 saturated heterocycles. The molecule has 0 aliphatic carbocycles. The van der Waals surface area contributed by atoms with Gasteiger partial charge in [-0.1, -0.05) is 170 Å².